The summed E-state index contributed by atoms with van der Waals surface area (Å²) in [6.07, 6.45) is 0.843. The first-order chi connectivity index (χ1) is 14.5. The molecule has 0 aliphatic carbocycles. The maximum absolute atomic E-state index is 12.7. The zero-order chi connectivity index (χ0) is 21.9. The molecule has 30 heavy (non-hydrogen) atoms. The van der Waals surface area contributed by atoms with Gasteiger partial charge in [0.1, 0.15) is 0 Å². The van der Waals surface area contributed by atoms with Gasteiger partial charge in [0.2, 0.25) is 5.75 Å². The molecule has 0 bridgehead atoms. The number of nitrogens with zero attached hydrogens (tertiary/aromatic N) is 2. The standard InChI is InChI=1S/C21H31N3O6/c1-5-27-17-13-15(14-18(28-6-2)19(17)29-7-3)20(25)23-22-16-9-11-24(12-10-16)21(26)30-8-4/h13-14H,5-12H2,1-4H3,(H,23,25). The molecule has 166 valence electrons. The molecule has 1 aromatic rings. The second kappa shape index (κ2) is 11.9. The fourth-order valence-electron chi connectivity index (χ4n) is 2.99. The maximum Gasteiger partial charge on any atom is 0.409 e. The van der Waals surface area contributed by atoms with Crippen molar-refractivity contribution in [3.63, 3.8) is 0 Å². The quantitative estimate of drug-likeness (QED) is 0.615. The van der Waals surface area contributed by atoms with E-state index >= 15 is 0 Å². The Bertz CT molecular complexity index is 728. The van der Waals surface area contributed by atoms with Crippen molar-refractivity contribution in [3.05, 3.63) is 17.7 Å². The van der Waals surface area contributed by atoms with Crippen LogP contribution in [-0.2, 0) is 4.74 Å². The molecule has 0 spiro atoms. The molecule has 1 fully saturated rings. The molecule has 0 atom stereocenters. The highest BCUT2D eigenvalue weighted by molar-refractivity contribution is 5.97. The normalized spacial score (nSPS) is 13.5. The van der Waals surface area contributed by atoms with Crippen LogP contribution in [0.5, 0.6) is 17.2 Å². The van der Waals surface area contributed by atoms with Crippen LogP contribution in [0.1, 0.15) is 50.9 Å². The van der Waals surface area contributed by atoms with E-state index in [4.69, 9.17) is 18.9 Å². The van der Waals surface area contributed by atoms with Crippen LogP contribution in [0.25, 0.3) is 0 Å². The number of carbonyl (C=O) groups excluding carboxylic acids is 2. The summed E-state index contributed by atoms with van der Waals surface area (Å²) in [6.45, 7) is 10.0. The first kappa shape index (κ1) is 23.3. The van der Waals surface area contributed by atoms with Gasteiger partial charge >= 0.3 is 6.09 Å². The highest BCUT2D eigenvalue weighted by Crippen LogP contribution is 2.39. The summed E-state index contributed by atoms with van der Waals surface area (Å²) >= 11 is 0. The molecule has 2 amide bonds. The number of nitrogens with one attached hydrogen (secondary N) is 1. The largest absolute Gasteiger partial charge is 0.490 e. The predicted octanol–water partition coefficient (Wildman–Crippen LogP) is 3.22. The third kappa shape index (κ3) is 6.27. The van der Waals surface area contributed by atoms with E-state index in [1.165, 1.54) is 0 Å². The van der Waals surface area contributed by atoms with Crippen molar-refractivity contribution >= 4 is 17.7 Å². The fraction of sp³-hybridized carbons (Fsp3) is 0.571. The molecule has 0 aromatic heterocycles. The van der Waals surface area contributed by atoms with Crippen LogP contribution in [0.2, 0.25) is 0 Å². The molecule has 1 N–H and O–H groups in total. The molecule has 1 aromatic carbocycles. The summed E-state index contributed by atoms with van der Waals surface area (Å²) < 4.78 is 22.0. The minimum atomic E-state index is -0.375. The van der Waals surface area contributed by atoms with Gasteiger partial charge in [-0.25, -0.2) is 10.2 Å². The van der Waals surface area contributed by atoms with E-state index in [0.717, 1.165) is 5.71 Å². The molecule has 1 aliphatic rings. The molecule has 9 nitrogen and oxygen atoms in total. The van der Waals surface area contributed by atoms with Crippen LogP contribution >= 0.6 is 0 Å². The number of amides is 2. The fourth-order valence-corrected chi connectivity index (χ4v) is 2.99. The average molecular weight is 421 g/mol. The Balaban J connectivity index is 2.09. The summed E-state index contributed by atoms with van der Waals surface area (Å²) in [5, 5.41) is 4.23. The minimum absolute atomic E-state index is 0.318. The number of hydrogen-bond donors (Lipinski definition) is 1. The molecule has 0 radical (unpaired) electrons. The van der Waals surface area contributed by atoms with Gasteiger partial charge in [-0.3, -0.25) is 4.79 Å². The summed E-state index contributed by atoms with van der Waals surface area (Å²) in [5.41, 5.74) is 3.77. The highest BCUT2D eigenvalue weighted by atomic mass is 16.6. The maximum atomic E-state index is 12.7. The van der Waals surface area contributed by atoms with Crippen molar-refractivity contribution in [3.8, 4) is 17.2 Å². The van der Waals surface area contributed by atoms with Gasteiger partial charge in [0.15, 0.2) is 11.5 Å². The van der Waals surface area contributed by atoms with E-state index in [-0.39, 0.29) is 12.0 Å². The third-order valence-corrected chi connectivity index (χ3v) is 4.35. The lowest BCUT2D eigenvalue weighted by Gasteiger charge is -2.26. The van der Waals surface area contributed by atoms with Gasteiger partial charge in [0.05, 0.1) is 26.4 Å². The van der Waals surface area contributed by atoms with Crippen molar-refractivity contribution in [2.24, 2.45) is 5.10 Å². The molecular weight excluding hydrogens is 390 g/mol. The van der Waals surface area contributed by atoms with Gasteiger partial charge in [-0.15, -0.1) is 0 Å². The molecule has 1 saturated heterocycles. The first-order valence-electron chi connectivity index (χ1n) is 10.4. The Morgan fingerprint density at radius 1 is 0.933 bits per heavy atom. The third-order valence-electron chi connectivity index (χ3n) is 4.35. The summed E-state index contributed by atoms with van der Waals surface area (Å²) in [5.74, 6) is 1.01. The molecule has 9 heteroatoms. The zero-order valence-electron chi connectivity index (χ0n) is 18.2. The van der Waals surface area contributed by atoms with E-state index in [1.54, 1.807) is 24.0 Å². The topological polar surface area (TPSA) is 98.7 Å². The van der Waals surface area contributed by atoms with E-state index in [1.807, 2.05) is 20.8 Å². The number of hydrazone groups is 1. The lowest BCUT2D eigenvalue weighted by atomic mass is 10.1. The van der Waals surface area contributed by atoms with Gasteiger partial charge in [-0.05, 0) is 39.8 Å². The van der Waals surface area contributed by atoms with Gasteiger partial charge in [0, 0.05) is 37.2 Å². The predicted molar refractivity (Wildman–Crippen MR) is 113 cm³/mol. The lowest BCUT2D eigenvalue weighted by molar-refractivity contribution is 0.0950. The van der Waals surface area contributed by atoms with Crippen molar-refractivity contribution in [2.75, 3.05) is 39.5 Å². The molecule has 1 aliphatic heterocycles. The van der Waals surface area contributed by atoms with E-state index in [9.17, 15) is 9.59 Å². The van der Waals surface area contributed by atoms with Crippen molar-refractivity contribution in [1.82, 2.24) is 10.3 Å². The smallest absolute Gasteiger partial charge is 0.409 e. The highest BCUT2D eigenvalue weighted by Gasteiger charge is 2.22. The Morgan fingerprint density at radius 2 is 1.50 bits per heavy atom. The second-order valence-corrected chi connectivity index (χ2v) is 6.41. The number of hydrogen-bond acceptors (Lipinski definition) is 7. The summed E-state index contributed by atoms with van der Waals surface area (Å²) in [4.78, 5) is 26.1. The van der Waals surface area contributed by atoms with Gasteiger partial charge in [-0.2, -0.15) is 5.10 Å². The molecule has 1 heterocycles. The van der Waals surface area contributed by atoms with Gasteiger partial charge in [-0.1, -0.05) is 0 Å². The lowest BCUT2D eigenvalue weighted by Crippen LogP contribution is -2.39. The van der Waals surface area contributed by atoms with Crippen LogP contribution in [-0.4, -0.2) is 62.1 Å². The molecular formula is C21H31N3O6. The summed E-state index contributed by atoms with van der Waals surface area (Å²) in [6, 6.07) is 3.24. The number of ether oxygens (including phenoxy) is 4. The Hall–Kier alpha value is -2.97. The van der Waals surface area contributed by atoms with Crippen LogP contribution in [0.3, 0.4) is 0 Å². The number of rotatable bonds is 9. The van der Waals surface area contributed by atoms with Crippen molar-refractivity contribution in [2.45, 2.75) is 40.5 Å². The molecule has 0 unspecified atom stereocenters. The summed E-state index contributed by atoms with van der Waals surface area (Å²) in [7, 11) is 0. The van der Waals surface area contributed by atoms with E-state index in [2.05, 4.69) is 10.5 Å². The first-order valence-corrected chi connectivity index (χ1v) is 10.4. The van der Waals surface area contributed by atoms with Gasteiger partial charge < -0.3 is 23.8 Å². The SMILES string of the molecule is CCOC(=O)N1CCC(=NNC(=O)c2cc(OCC)c(OCC)c(OCC)c2)CC1. The van der Waals surface area contributed by atoms with Gasteiger partial charge in [0.25, 0.3) is 5.91 Å². The van der Waals surface area contributed by atoms with Crippen LogP contribution in [0.15, 0.2) is 17.2 Å². The minimum Gasteiger partial charge on any atom is -0.490 e. The molecule has 2 rings (SSSR count). The Labute approximate surface area is 177 Å². The number of piperidine rings is 1. The van der Waals surface area contributed by atoms with E-state index in [0.29, 0.717) is 75.2 Å². The van der Waals surface area contributed by atoms with Crippen molar-refractivity contribution < 1.29 is 28.5 Å². The zero-order valence-corrected chi connectivity index (χ0v) is 18.2. The van der Waals surface area contributed by atoms with E-state index < -0.39 is 0 Å². The van der Waals surface area contributed by atoms with Crippen molar-refractivity contribution in [1.29, 1.82) is 0 Å². The Kier molecular flexibility index (Phi) is 9.24. The number of likely N-dealkylation sites (tertiary alicyclic amines) is 1. The Morgan fingerprint density at radius 3 is 2.00 bits per heavy atom. The monoisotopic (exact) mass is 421 g/mol. The molecule has 0 saturated carbocycles. The van der Waals surface area contributed by atoms with Crippen LogP contribution in [0.4, 0.5) is 4.79 Å². The van der Waals surface area contributed by atoms with Crippen LogP contribution in [0, 0.1) is 0 Å². The van der Waals surface area contributed by atoms with Crippen LogP contribution < -0.4 is 19.6 Å². The number of carbonyl (C=O) groups is 2. The number of benzene rings is 1. The average Bonchev–Trinajstić information content (AvgIpc) is 2.75. The second-order valence-electron chi connectivity index (χ2n) is 6.41.